The van der Waals surface area contributed by atoms with Crippen molar-refractivity contribution in [1.82, 2.24) is 10.2 Å². The van der Waals surface area contributed by atoms with E-state index in [1.807, 2.05) is 0 Å². The van der Waals surface area contributed by atoms with Gasteiger partial charge in [0.25, 0.3) is 0 Å². The minimum absolute atomic E-state index is 0.0127. The van der Waals surface area contributed by atoms with Gasteiger partial charge in [-0.25, -0.2) is 0 Å². The highest BCUT2D eigenvalue weighted by atomic mass is 16.7. The van der Waals surface area contributed by atoms with Crippen molar-refractivity contribution >= 4 is 17.6 Å². The summed E-state index contributed by atoms with van der Waals surface area (Å²) in [7, 11) is 0. The number of ketones is 1. The molecule has 0 spiro atoms. The summed E-state index contributed by atoms with van der Waals surface area (Å²) in [5.41, 5.74) is 0.465. The predicted octanol–water partition coefficient (Wildman–Crippen LogP) is -0.444. The standard InChI is InChI=1S/C13H12N2O5/c16-9(4-15-5-12(17)14-13(18)6-15)8-1-2-10-11(3-8)20-7-19-10/h1-3H,4-7H2,(H,14,17,18). The first-order valence-electron chi connectivity index (χ1n) is 6.10. The van der Waals surface area contributed by atoms with E-state index in [1.54, 1.807) is 18.2 Å². The largest absolute Gasteiger partial charge is 0.454 e. The normalized spacial score (nSPS) is 18.0. The molecule has 2 heterocycles. The summed E-state index contributed by atoms with van der Waals surface area (Å²) < 4.78 is 10.4. The summed E-state index contributed by atoms with van der Waals surface area (Å²) in [5.74, 6) is 0.183. The highest BCUT2D eigenvalue weighted by Gasteiger charge is 2.25. The molecule has 1 aromatic carbocycles. The summed E-state index contributed by atoms with van der Waals surface area (Å²) in [6, 6.07) is 4.92. The van der Waals surface area contributed by atoms with Crippen LogP contribution >= 0.6 is 0 Å². The smallest absolute Gasteiger partial charge is 0.240 e. The Balaban J connectivity index is 1.70. The van der Waals surface area contributed by atoms with Crippen LogP contribution in [-0.4, -0.2) is 48.9 Å². The maximum absolute atomic E-state index is 12.1. The van der Waals surface area contributed by atoms with Crippen LogP contribution in [0.2, 0.25) is 0 Å². The minimum atomic E-state index is -0.389. The SMILES string of the molecule is O=C1CN(CC(=O)c2ccc3c(c2)OCO3)CC(=O)N1. The molecule has 104 valence electrons. The topological polar surface area (TPSA) is 84.9 Å². The second kappa shape index (κ2) is 4.93. The monoisotopic (exact) mass is 276 g/mol. The van der Waals surface area contributed by atoms with Crippen LogP contribution in [0.4, 0.5) is 0 Å². The molecule has 7 nitrogen and oxygen atoms in total. The number of amides is 2. The number of nitrogens with one attached hydrogen (secondary N) is 1. The third kappa shape index (κ3) is 2.48. The van der Waals surface area contributed by atoms with Gasteiger partial charge in [0, 0.05) is 5.56 Å². The summed E-state index contributed by atoms with van der Waals surface area (Å²) in [6.07, 6.45) is 0. The lowest BCUT2D eigenvalue weighted by Gasteiger charge is -2.24. The van der Waals surface area contributed by atoms with E-state index >= 15 is 0 Å². The van der Waals surface area contributed by atoms with Crippen molar-refractivity contribution in [2.45, 2.75) is 0 Å². The lowest BCUT2D eigenvalue weighted by Crippen LogP contribution is -2.52. The molecule has 2 aliphatic rings. The summed E-state index contributed by atoms with van der Waals surface area (Å²) in [4.78, 5) is 36.1. The lowest BCUT2D eigenvalue weighted by molar-refractivity contribution is -0.135. The van der Waals surface area contributed by atoms with E-state index in [0.29, 0.717) is 17.1 Å². The molecule has 1 fully saturated rings. The van der Waals surface area contributed by atoms with Crippen LogP contribution < -0.4 is 14.8 Å². The lowest BCUT2D eigenvalue weighted by atomic mass is 10.1. The van der Waals surface area contributed by atoms with Gasteiger partial charge in [0.15, 0.2) is 17.3 Å². The van der Waals surface area contributed by atoms with Crippen molar-refractivity contribution in [2.24, 2.45) is 0 Å². The average Bonchev–Trinajstić information content (AvgIpc) is 2.84. The number of fused-ring (bicyclic) bond motifs is 1. The number of nitrogens with zero attached hydrogens (tertiary/aromatic N) is 1. The number of carbonyl (C=O) groups excluding carboxylic acids is 3. The van der Waals surface area contributed by atoms with Crippen LogP contribution in [0, 0.1) is 0 Å². The quantitative estimate of drug-likeness (QED) is 0.595. The van der Waals surface area contributed by atoms with Gasteiger partial charge in [0.1, 0.15) is 0 Å². The number of carbonyl (C=O) groups is 3. The van der Waals surface area contributed by atoms with Crippen molar-refractivity contribution in [3.8, 4) is 11.5 Å². The molecule has 0 saturated carbocycles. The average molecular weight is 276 g/mol. The molecule has 0 unspecified atom stereocenters. The van der Waals surface area contributed by atoms with E-state index in [-0.39, 0.29) is 44.0 Å². The Hall–Kier alpha value is -2.41. The van der Waals surface area contributed by atoms with Crippen LogP contribution in [0.15, 0.2) is 18.2 Å². The molecular weight excluding hydrogens is 264 g/mol. The third-order valence-electron chi connectivity index (χ3n) is 3.08. The van der Waals surface area contributed by atoms with Gasteiger partial charge in [-0.2, -0.15) is 0 Å². The summed E-state index contributed by atoms with van der Waals surface area (Å²) in [6.45, 7) is 0.247. The van der Waals surface area contributed by atoms with E-state index in [9.17, 15) is 14.4 Å². The highest BCUT2D eigenvalue weighted by molar-refractivity contribution is 6.02. The molecule has 3 rings (SSSR count). The van der Waals surface area contributed by atoms with E-state index in [2.05, 4.69) is 5.32 Å². The molecule has 7 heteroatoms. The number of ether oxygens (including phenoxy) is 2. The van der Waals surface area contributed by atoms with Crippen LogP contribution in [0.1, 0.15) is 10.4 Å². The number of imide groups is 1. The maximum Gasteiger partial charge on any atom is 0.240 e. The van der Waals surface area contributed by atoms with E-state index in [0.717, 1.165) is 0 Å². The Kier molecular flexibility index (Phi) is 3.11. The van der Waals surface area contributed by atoms with Gasteiger partial charge in [-0.15, -0.1) is 0 Å². The number of hydrogen-bond acceptors (Lipinski definition) is 6. The molecule has 2 aliphatic heterocycles. The Morgan fingerprint density at radius 3 is 2.60 bits per heavy atom. The van der Waals surface area contributed by atoms with E-state index in [1.165, 1.54) is 4.90 Å². The van der Waals surface area contributed by atoms with Gasteiger partial charge in [0.2, 0.25) is 18.6 Å². The summed E-state index contributed by atoms with van der Waals surface area (Å²) >= 11 is 0. The van der Waals surface area contributed by atoms with Crippen molar-refractivity contribution in [3.63, 3.8) is 0 Å². The maximum atomic E-state index is 12.1. The predicted molar refractivity (Wildman–Crippen MR) is 66.5 cm³/mol. The van der Waals surface area contributed by atoms with Crippen LogP contribution in [0.25, 0.3) is 0 Å². The zero-order valence-corrected chi connectivity index (χ0v) is 10.5. The van der Waals surface area contributed by atoms with Crippen molar-refractivity contribution in [1.29, 1.82) is 0 Å². The molecule has 20 heavy (non-hydrogen) atoms. The fourth-order valence-corrected chi connectivity index (χ4v) is 2.17. The van der Waals surface area contributed by atoms with Gasteiger partial charge in [0.05, 0.1) is 19.6 Å². The van der Waals surface area contributed by atoms with Crippen LogP contribution in [0.5, 0.6) is 11.5 Å². The Morgan fingerprint density at radius 1 is 1.15 bits per heavy atom. The first-order chi connectivity index (χ1) is 9.61. The second-order valence-corrected chi connectivity index (χ2v) is 4.61. The van der Waals surface area contributed by atoms with E-state index in [4.69, 9.17) is 9.47 Å². The van der Waals surface area contributed by atoms with Gasteiger partial charge in [-0.1, -0.05) is 0 Å². The molecule has 2 amide bonds. The molecule has 1 N–H and O–H groups in total. The Bertz CT molecular complexity index is 582. The molecule has 0 bridgehead atoms. The highest BCUT2D eigenvalue weighted by Crippen LogP contribution is 2.32. The Labute approximate surface area is 114 Å². The molecule has 1 saturated heterocycles. The van der Waals surface area contributed by atoms with Crippen LogP contribution in [-0.2, 0) is 9.59 Å². The molecule has 0 aliphatic carbocycles. The minimum Gasteiger partial charge on any atom is -0.454 e. The van der Waals surface area contributed by atoms with Gasteiger partial charge in [-0.3, -0.25) is 24.6 Å². The second-order valence-electron chi connectivity index (χ2n) is 4.61. The molecule has 0 aromatic heterocycles. The zero-order chi connectivity index (χ0) is 14.1. The number of Topliss-reactive ketones (excluding diaryl/α,β-unsaturated/α-hetero) is 1. The molecular formula is C13H12N2O5. The molecule has 0 radical (unpaired) electrons. The fourth-order valence-electron chi connectivity index (χ4n) is 2.17. The van der Waals surface area contributed by atoms with Gasteiger partial charge < -0.3 is 9.47 Å². The summed E-state index contributed by atoms with van der Waals surface area (Å²) in [5, 5.41) is 2.19. The first kappa shape index (κ1) is 12.6. The fraction of sp³-hybridized carbons (Fsp3) is 0.308. The first-order valence-corrected chi connectivity index (χ1v) is 6.10. The molecule has 0 atom stereocenters. The van der Waals surface area contributed by atoms with Gasteiger partial charge >= 0.3 is 0 Å². The van der Waals surface area contributed by atoms with Gasteiger partial charge in [-0.05, 0) is 18.2 Å². The molecule has 1 aromatic rings. The van der Waals surface area contributed by atoms with Crippen molar-refractivity contribution in [2.75, 3.05) is 26.4 Å². The third-order valence-corrected chi connectivity index (χ3v) is 3.08. The van der Waals surface area contributed by atoms with Crippen LogP contribution in [0.3, 0.4) is 0 Å². The number of hydrogen-bond donors (Lipinski definition) is 1. The number of piperazine rings is 1. The Morgan fingerprint density at radius 2 is 1.85 bits per heavy atom. The van der Waals surface area contributed by atoms with Crippen molar-refractivity contribution < 1.29 is 23.9 Å². The number of benzene rings is 1. The zero-order valence-electron chi connectivity index (χ0n) is 10.5. The number of rotatable bonds is 3. The van der Waals surface area contributed by atoms with E-state index < -0.39 is 0 Å². The van der Waals surface area contributed by atoms with Crippen molar-refractivity contribution in [3.05, 3.63) is 23.8 Å².